The van der Waals surface area contributed by atoms with Crippen LogP contribution < -0.4 is 15.1 Å². The van der Waals surface area contributed by atoms with Crippen molar-refractivity contribution in [1.29, 1.82) is 0 Å². The molecule has 2 aromatic rings. The average molecular weight is 325 g/mol. The Morgan fingerprint density at radius 3 is 2.46 bits per heavy atom. The van der Waals surface area contributed by atoms with Gasteiger partial charge in [0.2, 0.25) is 0 Å². The lowest BCUT2D eigenvalue weighted by Gasteiger charge is -2.37. The van der Waals surface area contributed by atoms with E-state index in [1.807, 2.05) is 24.3 Å². The van der Waals surface area contributed by atoms with E-state index >= 15 is 0 Å². The lowest BCUT2D eigenvalue weighted by molar-refractivity contribution is 0.246. The van der Waals surface area contributed by atoms with Crippen molar-refractivity contribution in [2.45, 2.75) is 12.8 Å². The molecule has 1 fully saturated rings. The van der Waals surface area contributed by atoms with Gasteiger partial charge in [-0.2, -0.15) is 0 Å². The number of nitrogens with zero attached hydrogens (tertiary/aromatic N) is 2. The number of para-hydroxylation sites is 2. The standard InChI is InChI=1S/C19H20FN3O/c20-15-7-9-16(10-8-15)22-11-12-23(18-4-2-1-3-17(18)22)19(24)21-13-14-5-6-14/h1-4,7-10,14H,5-6,11-13H2,(H,21,24). The molecule has 1 N–H and O–H groups in total. The van der Waals surface area contributed by atoms with E-state index in [2.05, 4.69) is 10.2 Å². The molecule has 0 radical (unpaired) electrons. The minimum Gasteiger partial charge on any atom is -0.338 e. The maximum atomic E-state index is 13.2. The second kappa shape index (κ2) is 6.15. The highest BCUT2D eigenvalue weighted by molar-refractivity contribution is 5.97. The number of rotatable bonds is 3. The molecule has 2 aromatic carbocycles. The van der Waals surface area contributed by atoms with Crippen molar-refractivity contribution in [3.63, 3.8) is 0 Å². The third-order valence-electron chi connectivity index (χ3n) is 4.63. The number of anilines is 3. The van der Waals surface area contributed by atoms with Crippen LogP contribution in [0.3, 0.4) is 0 Å². The van der Waals surface area contributed by atoms with E-state index in [-0.39, 0.29) is 11.8 Å². The summed E-state index contributed by atoms with van der Waals surface area (Å²) in [5.74, 6) is 0.412. The van der Waals surface area contributed by atoms with Crippen LogP contribution in [0.15, 0.2) is 48.5 Å². The van der Waals surface area contributed by atoms with E-state index in [4.69, 9.17) is 0 Å². The first kappa shape index (κ1) is 15.0. The van der Waals surface area contributed by atoms with Gasteiger partial charge in [-0.3, -0.25) is 4.90 Å². The Morgan fingerprint density at radius 2 is 1.75 bits per heavy atom. The number of benzene rings is 2. The van der Waals surface area contributed by atoms with Gasteiger partial charge in [0.1, 0.15) is 5.82 Å². The fourth-order valence-electron chi connectivity index (χ4n) is 3.11. The van der Waals surface area contributed by atoms with Crippen LogP contribution in [0, 0.1) is 11.7 Å². The first-order valence-electron chi connectivity index (χ1n) is 8.40. The number of hydrogen-bond acceptors (Lipinski definition) is 2. The van der Waals surface area contributed by atoms with Crippen LogP contribution in [0.4, 0.5) is 26.2 Å². The summed E-state index contributed by atoms with van der Waals surface area (Å²) in [5, 5.41) is 3.04. The van der Waals surface area contributed by atoms with E-state index in [9.17, 15) is 9.18 Å². The molecule has 1 aliphatic heterocycles. The maximum Gasteiger partial charge on any atom is 0.322 e. The molecule has 2 amide bonds. The molecule has 0 atom stereocenters. The first-order valence-corrected chi connectivity index (χ1v) is 8.40. The summed E-state index contributed by atoms with van der Waals surface area (Å²) in [4.78, 5) is 16.5. The van der Waals surface area contributed by atoms with Crippen LogP contribution in [0.25, 0.3) is 0 Å². The number of hydrogen-bond donors (Lipinski definition) is 1. The summed E-state index contributed by atoms with van der Waals surface area (Å²) in [6.07, 6.45) is 2.43. The topological polar surface area (TPSA) is 35.6 Å². The van der Waals surface area contributed by atoms with Gasteiger partial charge in [0.15, 0.2) is 0 Å². The van der Waals surface area contributed by atoms with E-state index in [0.29, 0.717) is 19.0 Å². The SMILES string of the molecule is O=C(NCC1CC1)N1CCN(c2ccc(F)cc2)c2ccccc21. The molecule has 1 aliphatic carbocycles. The van der Waals surface area contributed by atoms with Crippen molar-refractivity contribution in [3.8, 4) is 0 Å². The first-order chi connectivity index (χ1) is 11.7. The minimum absolute atomic E-state index is 0.0342. The van der Waals surface area contributed by atoms with Crippen molar-refractivity contribution in [2.24, 2.45) is 5.92 Å². The van der Waals surface area contributed by atoms with Crippen LogP contribution in [-0.2, 0) is 0 Å². The van der Waals surface area contributed by atoms with Gasteiger partial charge < -0.3 is 10.2 Å². The number of fused-ring (bicyclic) bond motifs is 1. The zero-order chi connectivity index (χ0) is 16.5. The van der Waals surface area contributed by atoms with Crippen molar-refractivity contribution < 1.29 is 9.18 Å². The van der Waals surface area contributed by atoms with Gasteiger partial charge in [0, 0.05) is 25.3 Å². The fraction of sp³-hybridized carbons (Fsp3) is 0.316. The summed E-state index contributed by atoms with van der Waals surface area (Å²) in [6, 6.07) is 14.3. The molecule has 24 heavy (non-hydrogen) atoms. The molecule has 1 saturated carbocycles. The van der Waals surface area contributed by atoms with Crippen molar-refractivity contribution >= 4 is 23.1 Å². The smallest absolute Gasteiger partial charge is 0.322 e. The normalized spacial score (nSPS) is 16.7. The maximum absolute atomic E-state index is 13.2. The third kappa shape index (κ3) is 2.94. The Morgan fingerprint density at radius 1 is 1.04 bits per heavy atom. The predicted molar refractivity (Wildman–Crippen MR) is 93.3 cm³/mol. The lowest BCUT2D eigenvalue weighted by Crippen LogP contribution is -2.47. The lowest BCUT2D eigenvalue weighted by atomic mass is 10.1. The van der Waals surface area contributed by atoms with E-state index in [1.165, 1.54) is 25.0 Å². The van der Waals surface area contributed by atoms with E-state index < -0.39 is 0 Å². The highest BCUT2D eigenvalue weighted by atomic mass is 19.1. The van der Waals surface area contributed by atoms with Gasteiger partial charge in [-0.1, -0.05) is 12.1 Å². The number of nitrogens with one attached hydrogen (secondary N) is 1. The molecule has 0 saturated heterocycles. The summed E-state index contributed by atoms with van der Waals surface area (Å²) in [7, 11) is 0. The zero-order valence-corrected chi connectivity index (χ0v) is 13.4. The minimum atomic E-state index is -0.245. The van der Waals surface area contributed by atoms with Gasteiger partial charge >= 0.3 is 6.03 Å². The third-order valence-corrected chi connectivity index (χ3v) is 4.63. The van der Waals surface area contributed by atoms with Crippen LogP contribution in [-0.4, -0.2) is 25.7 Å². The van der Waals surface area contributed by atoms with Gasteiger partial charge in [-0.15, -0.1) is 0 Å². The molecule has 4 nitrogen and oxygen atoms in total. The Kier molecular flexibility index (Phi) is 3.84. The van der Waals surface area contributed by atoms with E-state index in [0.717, 1.165) is 23.6 Å². The highest BCUT2D eigenvalue weighted by Crippen LogP contribution is 2.37. The summed E-state index contributed by atoms with van der Waals surface area (Å²) < 4.78 is 13.2. The van der Waals surface area contributed by atoms with Crippen LogP contribution in [0.1, 0.15) is 12.8 Å². The molecule has 1 heterocycles. The number of carbonyl (C=O) groups is 1. The Bertz CT molecular complexity index is 743. The number of amides is 2. The second-order valence-corrected chi connectivity index (χ2v) is 6.40. The molecule has 2 aliphatic rings. The molecule has 124 valence electrons. The van der Waals surface area contributed by atoms with Crippen LogP contribution >= 0.6 is 0 Å². The molecule has 0 aromatic heterocycles. The Labute approximate surface area is 140 Å². The molecular weight excluding hydrogens is 305 g/mol. The fourth-order valence-corrected chi connectivity index (χ4v) is 3.11. The quantitative estimate of drug-likeness (QED) is 0.929. The van der Waals surface area contributed by atoms with Crippen molar-refractivity contribution in [1.82, 2.24) is 5.32 Å². The number of carbonyl (C=O) groups excluding carboxylic acids is 1. The van der Waals surface area contributed by atoms with Gasteiger partial charge in [0.25, 0.3) is 0 Å². The van der Waals surface area contributed by atoms with Crippen molar-refractivity contribution in [2.75, 3.05) is 29.4 Å². The van der Waals surface area contributed by atoms with Gasteiger partial charge in [-0.05, 0) is 55.2 Å². The highest BCUT2D eigenvalue weighted by Gasteiger charge is 2.28. The molecule has 0 bridgehead atoms. The van der Waals surface area contributed by atoms with E-state index in [1.54, 1.807) is 17.0 Å². The van der Waals surface area contributed by atoms with Gasteiger partial charge in [0.05, 0.1) is 11.4 Å². The molecule has 4 rings (SSSR count). The van der Waals surface area contributed by atoms with Crippen LogP contribution in [0.5, 0.6) is 0 Å². The van der Waals surface area contributed by atoms with Gasteiger partial charge in [-0.25, -0.2) is 9.18 Å². The summed E-state index contributed by atoms with van der Waals surface area (Å²) in [6.45, 7) is 2.05. The van der Waals surface area contributed by atoms with Crippen molar-refractivity contribution in [3.05, 3.63) is 54.3 Å². The second-order valence-electron chi connectivity index (χ2n) is 6.40. The Balaban J connectivity index is 1.60. The number of urea groups is 1. The summed E-state index contributed by atoms with van der Waals surface area (Å²) >= 11 is 0. The predicted octanol–water partition coefficient (Wildman–Crippen LogP) is 3.90. The monoisotopic (exact) mass is 325 g/mol. The Hall–Kier alpha value is -2.56. The zero-order valence-electron chi connectivity index (χ0n) is 13.4. The largest absolute Gasteiger partial charge is 0.338 e. The molecule has 5 heteroatoms. The molecular formula is C19H20FN3O. The molecule has 0 unspecified atom stereocenters. The average Bonchev–Trinajstić information content (AvgIpc) is 3.44. The summed E-state index contributed by atoms with van der Waals surface area (Å²) in [5.41, 5.74) is 2.79. The number of halogens is 1. The molecule has 0 spiro atoms. The van der Waals surface area contributed by atoms with Crippen LogP contribution in [0.2, 0.25) is 0 Å².